The first-order chi connectivity index (χ1) is 17.5. The Hall–Kier alpha value is -4.93. The largest absolute Gasteiger partial charge is 0.455 e. The molecule has 0 amide bonds. The predicted molar refractivity (Wildman–Crippen MR) is 137 cm³/mol. The first-order valence-electron chi connectivity index (χ1n) is 10.8. The fourth-order valence-corrected chi connectivity index (χ4v) is 4.06. The van der Waals surface area contributed by atoms with Crippen molar-refractivity contribution in [3.8, 4) is 39.8 Å². The van der Waals surface area contributed by atoms with Gasteiger partial charge >= 0.3 is 0 Å². The minimum absolute atomic E-state index is 0.109. The third-order valence-electron chi connectivity index (χ3n) is 5.46. The van der Waals surface area contributed by atoms with Gasteiger partial charge in [0.1, 0.15) is 28.9 Å². The Labute approximate surface area is 210 Å². The lowest BCUT2D eigenvalue weighted by molar-refractivity contribution is -0.384. The topological polar surface area (TPSA) is 106 Å². The molecule has 2 aromatic heterocycles. The zero-order valence-electron chi connectivity index (χ0n) is 18.6. The summed E-state index contributed by atoms with van der Waals surface area (Å²) in [5, 5.41) is 21.1. The summed E-state index contributed by atoms with van der Waals surface area (Å²) in [7, 11) is 0. The summed E-state index contributed by atoms with van der Waals surface area (Å²) in [5.74, 6) is 1.51. The number of nitriles is 1. The van der Waals surface area contributed by atoms with Crippen LogP contribution in [0, 0.1) is 21.4 Å². The van der Waals surface area contributed by atoms with Crippen LogP contribution in [-0.4, -0.2) is 11.1 Å². The van der Waals surface area contributed by atoms with E-state index in [9.17, 15) is 15.4 Å². The van der Waals surface area contributed by atoms with Crippen LogP contribution in [-0.2, 0) is 0 Å². The van der Waals surface area contributed by atoms with E-state index in [1.54, 1.807) is 12.1 Å². The van der Waals surface area contributed by atoms with Gasteiger partial charge in [-0.05, 0) is 23.8 Å². The molecule has 0 aliphatic heterocycles. The molecule has 2 heterocycles. The Morgan fingerprint density at radius 3 is 2.25 bits per heavy atom. The smallest absolute Gasteiger partial charge is 0.270 e. The summed E-state index contributed by atoms with van der Waals surface area (Å²) >= 11 is 6.22. The monoisotopic (exact) mass is 493 g/mol. The van der Waals surface area contributed by atoms with E-state index in [-0.39, 0.29) is 16.6 Å². The molecule has 0 unspecified atom stereocenters. The number of furan rings is 2. The SMILES string of the molecule is N#Cc1c(/N=C/c2ccc(-c3ccc([N+](=O)[O-])cc3Cl)o2)oc(-c2ccccc2)c1-c1ccccc1. The molecular formula is C28H16ClN3O4. The molecule has 0 spiro atoms. The molecule has 174 valence electrons. The molecular weight excluding hydrogens is 478 g/mol. The molecule has 0 saturated heterocycles. The number of aliphatic imine (C=N–C) groups is 1. The quantitative estimate of drug-likeness (QED) is 0.135. The van der Waals surface area contributed by atoms with Gasteiger partial charge in [0.2, 0.25) is 5.88 Å². The van der Waals surface area contributed by atoms with Crippen molar-refractivity contribution in [3.05, 3.63) is 117 Å². The van der Waals surface area contributed by atoms with Gasteiger partial charge in [0.15, 0.2) is 0 Å². The number of benzene rings is 3. The fraction of sp³-hybridized carbons (Fsp3) is 0. The van der Waals surface area contributed by atoms with Gasteiger partial charge in [-0.2, -0.15) is 5.26 Å². The molecule has 0 N–H and O–H groups in total. The van der Waals surface area contributed by atoms with Gasteiger partial charge < -0.3 is 8.83 Å². The Morgan fingerprint density at radius 1 is 0.917 bits per heavy atom. The molecule has 0 saturated carbocycles. The lowest BCUT2D eigenvalue weighted by atomic mass is 9.98. The molecule has 7 nitrogen and oxygen atoms in total. The third-order valence-corrected chi connectivity index (χ3v) is 5.78. The molecule has 0 atom stereocenters. The van der Waals surface area contributed by atoms with E-state index < -0.39 is 4.92 Å². The number of hydrogen-bond acceptors (Lipinski definition) is 6. The summed E-state index contributed by atoms with van der Waals surface area (Å²) in [6.45, 7) is 0. The number of nitrogens with zero attached hydrogens (tertiary/aromatic N) is 3. The van der Waals surface area contributed by atoms with Crippen LogP contribution < -0.4 is 0 Å². The molecule has 0 aliphatic carbocycles. The number of hydrogen-bond donors (Lipinski definition) is 0. The van der Waals surface area contributed by atoms with E-state index in [4.69, 9.17) is 20.4 Å². The van der Waals surface area contributed by atoms with E-state index in [2.05, 4.69) is 11.1 Å². The zero-order valence-corrected chi connectivity index (χ0v) is 19.3. The molecule has 0 radical (unpaired) electrons. The van der Waals surface area contributed by atoms with Crippen LogP contribution in [0.15, 0.2) is 105 Å². The summed E-state index contributed by atoms with van der Waals surface area (Å²) < 4.78 is 11.9. The van der Waals surface area contributed by atoms with Gasteiger partial charge in [0, 0.05) is 28.8 Å². The number of non-ortho nitro benzene ring substituents is 1. The van der Waals surface area contributed by atoms with Crippen molar-refractivity contribution < 1.29 is 13.8 Å². The lowest BCUT2D eigenvalue weighted by Gasteiger charge is -2.03. The van der Waals surface area contributed by atoms with Gasteiger partial charge in [0.25, 0.3) is 5.69 Å². The van der Waals surface area contributed by atoms with Gasteiger partial charge in [-0.1, -0.05) is 72.3 Å². The second kappa shape index (κ2) is 9.74. The molecule has 5 aromatic rings. The summed E-state index contributed by atoms with van der Waals surface area (Å²) in [6, 6.07) is 28.8. The maximum Gasteiger partial charge on any atom is 0.270 e. The van der Waals surface area contributed by atoms with Crippen molar-refractivity contribution in [2.24, 2.45) is 4.99 Å². The van der Waals surface area contributed by atoms with Crippen LogP contribution >= 0.6 is 11.6 Å². The Kier molecular flexibility index (Phi) is 6.18. The average molecular weight is 494 g/mol. The van der Waals surface area contributed by atoms with Crippen LogP contribution in [0.1, 0.15) is 11.3 Å². The molecule has 5 rings (SSSR count). The summed E-state index contributed by atoms with van der Waals surface area (Å²) in [4.78, 5) is 14.9. The molecule has 0 fully saturated rings. The van der Waals surface area contributed by atoms with Crippen molar-refractivity contribution in [1.82, 2.24) is 0 Å². The molecule has 8 heteroatoms. The zero-order chi connectivity index (χ0) is 25.1. The number of nitro benzene ring substituents is 1. The molecule has 36 heavy (non-hydrogen) atoms. The van der Waals surface area contributed by atoms with Crippen molar-refractivity contribution in [3.63, 3.8) is 0 Å². The summed E-state index contributed by atoms with van der Waals surface area (Å²) in [5.41, 5.74) is 3.03. The Morgan fingerprint density at radius 2 is 1.61 bits per heavy atom. The Balaban J connectivity index is 1.53. The highest BCUT2D eigenvalue weighted by molar-refractivity contribution is 6.33. The molecule has 0 aliphatic rings. The molecule has 3 aromatic carbocycles. The highest BCUT2D eigenvalue weighted by Crippen LogP contribution is 2.42. The minimum Gasteiger partial charge on any atom is -0.455 e. The normalized spacial score (nSPS) is 11.0. The second-order valence-electron chi connectivity index (χ2n) is 7.71. The van der Waals surface area contributed by atoms with Crippen LogP contribution in [0.2, 0.25) is 5.02 Å². The maximum atomic E-state index is 11.0. The standard InChI is InChI=1S/C28H16ClN3O4/c29-24-15-20(32(33)34)11-13-22(24)25-14-12-21(35-25)17-31-28-23(16-30)26(18-7-3-1-4-8-18)27(36-28)19-9-5-2-6-10-19/h1-15,17H/b31-17+. The maximum absolute atomic E-state index is 11.0. The summed E-state index contributed by atoms with van der Waals surface area (Å²) in [6.07, 6.45) is 1.45. The van der Waals surface area contributed by atoms with Crippen LogP contribution in [0.5, 0.6) is 0 Å². The molecule has 0 bridgehead atoms. The predicted octanol–water partition coefficient (Wildman–Crippen LogP) is 8.06. The van der Waals surface area contributed by atoms with E-state index in [0.717, 1.165) is 11.1 Å². The van der Waals surface area contributed by atoms with Gasteiger partial charge in [-0.25, -0.2) is 4.99 Å². The van der Waals surface area contributed by atoms with Crippen LogP contribution in [0.25, 0.3) is 33.8 Å². The highest BCUT2D eigenvalue weighted by Gasteiger charge is 2.22. The van der Waals surface area contributed by atoms with E-state index in [0.29, 0.717) is 34.0 Å². The highest BCUT2D eigenvalue weighted by atomic mass is 35.5. The third kappa shape index (κ3) is 4.41. The van der Waals surface area contributed by atoms with Crippen LogP contribution in [0.3, 0.4) is 0 Å². The van der Waals surface area contributed by atoms with Gasteiger partial charge in [-0.3, -0.25) is 10.1 Å². The van der Waals surface area contributed by atoms with Crippen molar-refractivity contribution in [1.29, 1.82) is 5.26 Å². The fourth-order valence-electron chi connectivity index (χ4n) is 3.79. The number of rotatable bonds is 6. The van der Waals surface area contributed by atoms with Crippen molar-refractivity contribution in [2.75, 3.05) is 0 Å². The van der Waals surface area contributed by atoms with Crippen LogP contribution in [0.4, 0.5) is 11.6 Å². The van der Waals surface area contributed by atoms with E-state index in [1.807, 2.05) is 60.7 Å². The van der Waals surface area contributed by atoms with Gasteiger partial charge in [0.05, 0.1) is 16.2 Å². The van der Waals surface area contributed by atoms with Gasteiger partial charge in [-0.15, -0.1) is 0 Å². The van der Waals surface area contributed by atoms with E-state index in [1.165, 1.54) is 24.4 Å². The first-order valence-corrected chi connectivity index (χ1v) is 11.2. The first kappa shape index (κ1) is 22.8. The Bertz CT molecular complexity index is 1630. The van der Waals surface area contributed by atoms with Crippen molar-refractivity contribution in [2.45, 2.75) is 0 Å². The minimum atomic E-state index is -0.514. The second-order valence-corrected chi connectivity index (χ2v) is 8.12. The number of halogens is 1. The average Bonchev–Trinajstić information content (AvgIpc) is 3.53. The van der Waals surface area contributed by atoms with Crippen molar-refractivity contribution >= 4 is 29.4 Å². The van der Waals surface area contributed by atoms with E-state index >= 15 is 0 Å². The number of nitro groups is 1. The lowest BCUT2D eigenvalue weighted by Crippen LogP contribution is -1.88.